The Labute approximate surface area is 106 Å². The molecular formula is C10H25O5PSi. The van der Waals surface area contributed by atoms with Crippen LogP contribution in [-0.4, -0.2) is 42.2 Å². The summed E-state index contributed by atoms with van der Waals surface area (Å²) < 4.78 is 33.3. The van der Waals surface area contributed by atoms with E-state index in [0.717, 1.165) is 12.5 Å². The third-order valence-corrected chi connectivity index (χ3v) is 7.73. The van der Waals surface area contributed by atoms with Crippen LogP contribution in [0.5, 0.6) is 0 Å². The van der Waals surface area contributed by atoms with Gasteiger partial charge in [-0.3, -0.25) is 4.57 Å². The predicted octanol–water partition coefficient (Wildman–Crippen LogP) is 3.01. The molecule has 5 nitrogen and oxygen atoms in total. The van der Waals surface area contributed by atoms with Crippen molar-refractivity contribution in [3.63, 3.8) is 0 Å². The fourth-order valence-corrected chi connectivity index (χ4v) is 4.80. The summed E-state index contributed by atoms with van der Waals surface area (Å²) in [5.41, 5.74) is 0. The van der Waals surface area contributed by atoms with Gasteiger partial charge in [0.05, 0.1) is 19.4 Å². The first-order chi connectivity index (χ1) is 7.95. The van der Waals surface area contributed by atoms with E-state index in [2.05, 4.69) is 0 Å². The maximum absolute atomic E-state index is 12.2. The molecule has 7 heteroatoms. The first-order valence-corrected chi connectivity index (χ1v) is 10.2. The minimum absolute atomic E-state index is 0.403. The molecule has 0 bridgehead atoms. The van der Waals surface area contributed by atoms with Crippen molar-refractivity contribution in [3.8, 4) is 0 Å². The average molecular weight is 284 g/mol. The molecule has 0 unspecified atom stereocenters. The lowest BCUT2D eigenvalue weighted by atomic mass is 10.6. The maximum Gasteiger partial charge on any atom is 0.334 e. The molecule has 0 heterocycles. The lowest BCUT2D eigenvalue weighted by Crippen LogP contribution is -2.36. The van der Waals surface area contributed by atoms with E-state index in [4.69, 9.17) is 17.9 Å². The molecule has 0 spiro atoms. The highest BCUT2D eigenvalue weighted by Crippen LogP contribution is 2.49. The van der Waals surface area contributed by atoms with E-state index in [-0.39, 0.29) is 0 Å². The second kappa shape index (κ2) is 8.40. The quantitative estimate of drug-likeness (QED) is 0.456. The molecule has 0 aliphatic heterocycles. The van der Waals surface area contributed by atoms with E-state index < -0.39 is 16.2 Å². The van der Waals surface area contributed by atoms with Crippen LogP contribution >= 0.6 is 7.60 Å². The van der Waals surface area contributed by atoms with Crippen molar-refractivity contribution in [3.05, 3.63) is 0 Å². The zero-order chi connectivity index (χ0) is 13.4. The van der Waals surface area contributed by atoms with Gasteiger partial charge in [0.1, 0.15) is 0 Å². The molecule has 0 N–H and O–H groups in total. The molecule has 0 aliphatic carbocycles. The summed E-state index contributed by atoms with van der Waals surface area (Å²) >= 11 is 0. The third-order valence-electron chi connectivity index (χ3n) is 2.58. The Hall–Kier alpha value is 0.287. The lowest BCUT2D eigenvalue weighted by molar-refractivity contribution is 0.219. The van der Waals surface area contributed by atoms with Gasteiger partial charge in [0.15, 0.2) is 0 Å². The van der Waals surface area contributed by atoms with Crippen molar-refractivity contribution in [1.82, 2.24) is 0 Å². The summed E-state index contributed by atoms with van der Waals surface area (Å²) in [5.74, 6) is 0. The Kier molecular flexibility index (Phi) is 8.54. The summed E-state index contributed by atoms with van der Waals surface area (Å²) in [6.45, 7) is 6.42. The summed E-state index contributed by atoms with van der Waals surface area (Å²) in [7, 11) is -1.68. The second-order valence-corrected chi connectivity index (χ2v) is 9.59. The fourth-order valence-electron chi connectivity index (χ4n) is 1.44. The van der Waals surface area contributed by atoms with Gasteiger partial charge in [0.25, 0.3) is 0 Å². The van der Waals surface area contributed by atoms with Crippen molar-refractivity contribution in [2.24, 2.45) is 0 Å². The first kappa shape index (κ1) is 17.3. The Morgan fingerprint density at radius 1 is 1.06 bits per heavy atom. The zero-order valence-corrected chi connectivity index (χ0v) is 13.4. The molecular weight excluding hydrogens is 259 g/mol. The van der Waals surface area contributed by atoms with E-state index in [1.54, 1.807) is 14.2 Å². The van der Waals surface area contributed by atoms with E-state index in [1.165, 1.54) is 0 Å². The standard InChI is InChI=1S/C10H25O5PSi/c1-6-14-16(11,15-7-2)9-8-10-17(5,12-3)13-4/h6-10H2,1-5H3. The van der Waals surface area contributed by atoms with Gasteiger partial charge in [0.2, 0.25) is 0 Å². The van der Waals surface area contributed by atoms with Gasteiger partial charge in [-0.05, 0) is 32.9 Å². The van der Waals surface area contributed by atoms with Crippen LogP contribution in [0.25, 0.3) is 0 Å². The van der Waals surface area contributed by atoms with Gasteiger partial charge in [-0.25, -0.2) is 0 Å². The van der Waals surface area contributed by atoms with Crippen LogP contribution in [0.2, 0.25) is 12.6 Å². The van der Waals surface area contributed by atoms with Gasteiger partial charge in [0, 0.05) is 14.2 Å². The molecule has 0 aromatic heterocycles. The normalized spacial score (nSPS) is 13.0. The largest absolute Gasteiger partial charge is 0.398 e. The fraction of sp³-hybridized carbons (Fsp3) is 1.00. The summed E-state index contributed by atoms with van der Waals surface area (Å²) in [5, 5.41) is 0. The van der Waals surface area contributed by atoms with Crippen LogP contribution < -0.4 is 0 Å². The molecule has 0 saturated carbocycles. The number of hydrogen-bond acceptors (Lipinski definition) is 5. The monoisotopic (exact) mass is 284 g/mol. The van der Waals surface area contributed by atoms with Crippen LogP contribution in [-0.2, 0) is 22.5 Å². The van der Waals surface area contributed by atoms with E-state index in [9.17, 15) is 4.57 Å². The summed E-state index contributed by atoms with van der Waals surface area (Å²) in [4.78, 5) is 0. The minimum atomic E-state index is -2.92. The third kappa shape index (κ3) is 6.69. The molecule has 0 atom stereocenters. The van der Waals surface area contributed by atoms with Crippen molar-refractivity contribution >= 4 is 16.2 Å². The van der Waals surface area contributed by atoms with E-state index in [1.807, 2.05) is 20.4 Å². The van der Waals surface area contributed by atoms with Crippen LogP contribution in [0.15, 0.2) is 0 Å². The molecule has 104 valence electrons. The van der Waals surface area contributed by atoms with Gasteiger partial charge in [-0.15, -0.1) is 0 Å². The molecule has 0 aromatic carbocycles. The van der Waals surface area contributed by atoms with Crippen LogP contribution in [0, 0.1) is 0 Å². The minimum Gasteiger partial charge on any atom is -0.398 e. The molecule has 0 fully saturated rings. The molecule has 0 rings (SSSR count). The van der Waals surface area contributed by atoms with Crippen molar-refractivity contribution in [1.29, 1.82) is 0 Å². The molecule has 0 aliphatic rings. The van der Waals surface area contributed by atoms with Crippen molar-refractivity contribution in [2.75, 3.05) is 33.6 Å². The molecule has 0 amide bonds. The zero-order valence-electron chi connectivity index (χ0n) is 11.5. The molecule has 0 radical (unpaired) electrons. The maximum atomic E-state index is 12.2. The van der Waals surface area contributed by atoms with Crippen molar-refractivity contribution < 1.29 is 22.5 Å². The van der Waals surface area contributed by atoms with Crippen LogP contribution in [0.4, 0.5) is 0 Å². The predicted molar refractivity (Wildman–Crippen MR) is 70.8 cm³/mol. The Bertz CT molecular complexity index is 235. The molecule has 17 heavy (non-hydrogen) atoms. The number of rotatable bonds is 10. The van der Waals surface area contributed by atoms with Gasteiger partial charge in [-0.1, -0.05) is 0 Å². The van der Waals surface area contributed by atoms with E-state index >= 15 is 0 Å². The summed E-state index contributed by atoms with van der Waals surface area (Å²) in [6.07, 6.45) is 1.14. The topological polar surface area (TPSA) is 54.0 Å². The van der Waals surface area contributed by atoms with E-state index in [0.29, 0.717) is 19.4 Å². The average Bonchev–Trinajstić information content (AvgIpc) is 2.29. The molecule has 0 aromatic rings. The second-order valence-electron chi connectivity index (χ2n) is 3.82. The van der Waals surface area contributed by atoms with Gasteiger partial charge >= 0.3 is 16.2 Å². The van der Waals surface area contributed by atoms with Crippen LogP contribution in [0.1, 0.15) is 20.3 Å². The Balaban J connectivity index is 4.18. The highest BCUT2D eigenvalue weighted by Gasteiger charge is 2.31. The lowest BCUT2D eigenvalue weighted by Gasteiger charge is -2.23. The SMILES string of the molecule is CCOP(=O)(CCC[Si](C)(OC)OC)OCC. The smallest absolute Gasteiger partial charge is 0.334 e. The van der Waals surface area contributed by atoms with Gasteiger partial charge < -0.3 is 17.9 Å². The van der Waals surface area contributed by atoms with Crippen LogP contribution in [0.3, 0.4) is 0 Å². The highest BCUT2D eigenvalue weighted by atomic mass is 31.2. The summed E-state index contributed by atoms with van der Waals surface area (Å²) in [6, 6.07) is 0.782. The number of hydrogen-bond donors (Lipinski definition) is 0. The Morgan fingerprint density at radius 2 is 1.53 bits per heavy atom. The Morgan fingerprint density at radius 3 is 1.88 bits per heavy atom. The first-order valence-electron chi connectivity index (χ1n) is 5.93. The van der Waals surface area contributed by atoms with Gasteiger partial charge in [-0.2, -0.15) is 0 Å². The van der Waals surface area contributed by atoms with Crippen molar-refractivity contribution in [2.45, 2.75) is 32.9 Å². The molecule has 0 saturated heterocycles. The highest BCUT2D eigenvalue weighted by molar-refractivity contribution is 7.53.